The molecular formula is C11H15N5S. The van der Waals surface area contributed by atoms with E-state index in [-0.39, 0.29) is 0 Å². The Morgan fingerprint density at radius 3 is 3.00 bits per heavy atom. The van der Waals surface area contributed by atoms with Crippen LogP contribution in [0.5, 0.6) is 0 Å². The van der Waals surface area contributed by atoms with Gasteiger partial charge in [0.25, 0.3) is 0 Å². The fourth-order valence-electron chi connectivity index (χ4n) is 2.30. The second-order valence-electron chi connectivity index (χ2n) is 4.27. The number of aromatic nitrogens is 4. The third kappa shape index (κ3) is 1.63. The maximum atomic E-state index is 4.39. The first-order valence-electron chi connectivity index (χ1n) is 5.87. The average Bonchev–Trinajstić information content (AvgIpc) is 2.92. The summed E-state index contributed by atoms with van der Waals surface area (Å²) in [5, 5.41) is 12.9. The van der Waals surface area contributed by atoms with E-state index >= 15 is 0 Å². The van der Waals surface area contributed by atoms with E-state index in [1.807, 2.05) is 14.0 Å². The normalized spacial score (nSPS) is 14.7. The SMILES string of the molecule is CNc1snc(C)c1-c1nnc2n1CCCC2. The van der Waals surface area contributed by atoms with Gasteiger partial charge in [-0.3, -0.25) is 0 Å². The minimum Gasteiger partial charge on any atom is -0.378 e. The van der Waals surface area contributed by atoms with Crippen LogP contribution in [0.4, 0.5) is 5.00 Å². The van der Waals surface area contributed by atoms with Crippen LogP contribution in [-0.4, -0.2) is 26.2 Å². The number of aryl methyl sites for hydroxylation is 2. The van der Waals surface area contributed by atoms with Crippen molar-refractivity contribution in [3.8, 4) is 11.4 Å². The van der Waals surface area contributed by atoms with Crippen molar-refractivity contribution >= 4 is 16.5 Å². The zero-order valence-electron chi connectivity index (χ0n) is 10.0. The molecular weight excluding hydrogens is 234 g/mol. The summed E-state index contributed by atoms with van der Waals surface area (Å²) in [7, 11) is 1.92. The maximum absolute atomic E-state index is 4.39. The molecule has 90 valence electrons. The van der Waals surface area contributed by atoms with Gasteiger partial charge in [0.15, 0.2) is 5.82 Å². The van der Waals surface area contributed by atoms with Crippen LogP contribution in [0.15, 0.2) is 0 Å². The third-order valence-corrected chi connectivity index (χ3v) is 4.13. The molecule has 0 aliphatic carbocycles. The van der Waals surface area contributed by atoms with Crippen molar-refractivity contribution in [1.29, 1.82) is 0 Å². The van der Waals surface area contributed by atoms with E-state index in [1.54, 1.807) is 0 Å². The van der Waals surface area contributed by atoms with Gasteiger partial charge in [0.2, 0.25) is 0 Å². The summed E-state index contributed by atoms with van der Waals surface area (Å²) in [5.74, 6) is 2.08. The van der Waals surface area contributed by atoms with E-state index in [9.17, 15) is 0 Å². The first-order chi connectivity index (χ1) is 8.31. The molecule has 1 N–H and O–H groups in total. The van der Waals surface area contributed by atoms with Crippen molar-refractivity contribution in [2.45, 2.75) is 32.7 Å². The Kier molecular flexibility index (Phi) is 2.58. The molecule has 0 bridgehead atoms. The maximum Gasteiger partial charge on any atom is 0.168 e. The van der Waals surface area contributed by atoms with Gasteiger partial charge in [0.05, 0.1) is 11.3 Å². The Bertz CT molecular complexity index is 542. The number of nitrogens with zero attached hydrogens (tertiary/aromatic N) is 4. The molecule has 3 heterocycles. The second kappa shape index (κ2) is 4.10. The number of anilines is 1. The lowest BCUT2D eigenvalue weighted by molar-refractivity contribution is 0.526. The Morgan fingerprint density at radius 2 is 2.18 bits per heavy atom. The summed E-state index contributed by atoms with van der Waals surface area (Å²) in [4.78, 5) is 0. The highest BCUT2D eigenvalue weighted by molar-refractivity contribution is 7.10. The summed E-state index contributed by atoms with van der Waals surface area (Å²) in [6, 6.07) is 0. The zero-order valence-corrected chi connectivity index (χ0v) is 10.8. The largest absolute Gasteiger partial charge is 0.378 e. The van der Waals surface area contributed by atoms with Crippen LogP contribution in [-0.2, 0) is 13.0 Å². The molecule has 2 aromatic heterocycles. The molecule has 6 heteroatoms. The lowest BCUT2D eigenvalue weighted by Crippen LogP contribution is -2.11. The minimum absolute atomic E-state index is 0.968. The van der Waals surface area contributed by atoms with Gasteiger partial charge >= 0.3 is 0 Å². The fraction of sp³-hybridized carbons (Fsp3) is 0.545. The Balaban J connectivity index is 2.15. The molecule has 0 unspecified atom stereocenters. The van der Waals surface area contributed by atoms with E-state index in [4.69, 9.17) is 0 Å². The number of rotatable bonds is 2. The van der Waals surface area contributed by atoms with Gasteiger partial charge in [-0.05, 0) is 31.3 Å². The quantitative estimate of drug-likeness (QED) is 0.885. The predicted octanol–water partition coefficient (Wildman–Crippen LogP) is 2.09. The first kappa shape index (κ1) is 10.7. The van der Waals surface area contributed by atoms with E-state index in [0.29, 0.717) is 0 Å². The van der Waals surface area contributed by atoms with Crippen molar-refractivity contribution < 1.29 is 0 Å². The summed E-state index contributed by atoms with van der Waals surface area (Å²) < 4.78 is 6.63. The van der Waals surface area contributed by atoms with Crippen LogP contribution in [0, 0.1) is 6.92 Å². The highest BCUT2D eigenvalue weighted by Crippen LogP contribution is 2.34. The number of hydrogen-bond acceptors (Lipinski definition) is 5. The summed E-state index contributed by atoms with van der Waals surface area (Å²) in [6.07, 6.45) is 3.47. The lowest BCUT2D eigenvalue weighted by atomic mass is 10.1. The summed E-state index contributed by atoms with van der Waals surface area (Å²) in [6.45, 7) is 3.05. The van der Waals surface area contributed by atoms with Gasteiger partial charge in [0, 0.05) is 20.0 Å². The van der Waals surface area contributed by atoms with Gasteiger partial charge in [-0.15, -0.1) is 10.2 Å². The predicted molar refractivity (Wildman–Crippen MR) is 68.4 cm³/mol. The van der Waals surface area contributed by atoms with Crippen LogP contribution in [0.1, 0.15) is 24.4 Å². The van der Waals surface area contributed by atoms with E-state index in [1.165, 1.54) is 24.4 Å². The highest BCUT2D eigenvalue weighted by atomic mass is 32.1. The molecule has 0 saturated carbocycles. The van der Waals surface area contributed by atoms with E-state index in [2.05, 4.69) is 24.5 Å². The molecule has 5 nitrogen and oxygen atoms in total. The number of fused-ring (bicyclic) bond motifs is 1. The first-order valence-corrected chi connectivity index (χ1v) is 6.65. The van der Waals surface area contributed by atoms with Crippen LogP contribution in [0.25, 0.3) is 11.4 Å². The highest BCUT2D eigenvalue weighted by Gasteiger charge is 2.22. The number of nitrogens with one attached hydrogen (secondary N) is 1. The smallest absolute Gasteiger partial charge is 0.168 e. The Hall–Kier alpha value is -1.43. The van der Waals surface area contributed by atoms with Crippen molar-refractivity contribution in [2.24, 2.45) is 0 Å². The van der Waals surface area contributed by atoms with Crippen LogP contribution in [0.2, 0.25) is 0 Å². The zero-order chi connectivity index (χ0) is 11.8. The molecule has 0 fully saturated rings. The van der Waals surface area contributed by atoms with E-state index < -0.39 is 0 Å². The average molecular weight is 249 g/mol. The molecule has 17 heavy (non-hydrogen) atoms. The molecule has 0 atom stereocenters. The molecule has 0 amide bonds. The van der Waals surface area contributed by atoms with Gasteiger partial charge in [-0.2, -0.15) is 4.37 Å². The minimum atomic E-state index is 0.968. The van der Waals surface area contributed by atoms with Crippen LogP contribution in [0.3, 0.4) is 0 Å². The Labute approximate surface area is 104 Å². The lowest BCUT2D eigenvalue weighted by Gasteiger charge is -2.14. The number of hydrogen-bond donors (Lipinski definition) is 1. The summed E-state index contributed by atoms with van der Waals surface area (Å²) in [5.41, 5.74) is 2.14. The second-order valence-corrected chi connectivity index (χ2v) is 5.04. The topological polar surface area (TPSA) is 55.6 Å². The van der Waals surface area contributed by atoms with Crippen molar-refractivity contribution in [2.75, 3.05) is 12.4 Å². The molecule has 3 rings (SSSR count). The standard InChI is InChI=1S/C11H15N5S/c1-7-9(11(12-2)17-15-7)10-14-13-8-5-3-4-6-16(8)10/h12H,3-6H2,1-2H3. The summed E-state index contributed by atoms with van der Waals surface area (Å²) >= 11 is 1.48. The van der Waals surface area contributed by atoms with Crippen LogP contribution >= 0.6 is 11.5 Å². The monoisotopic (exact) mass is 249 g/mol. The van der Waals surface area contributed by atoms with Crippen LogP contribution < -0.4 is 5.32 Å². The Morgan fingerprint density at radius 1 is 1.29 bits per heavy atom. The molecule has 0 radical (unpaired) electrons. The van der Waals surface area contributed by atoms with Gasteiger partial charge in [0.1, 0.15) is 10.8 Å². The van der Waals surface area contributed by atoms with Crippen molar-refractivity contribution in [1.82, 2.24) is 19.1 Å². The molecule has 0 aromatic carbocycles. The molecule has 1 aliphatic heterocycles. The van der Waals surface area contributed by atoms with Crippen molar-refractivity contribution in [3.63, 3.8) is 0 Å². The molecule has 0 saturated heterocycles. The van der Waals surface area contributed by atoms with E-state index in [0.717, 1.165) is 40.9 Å². The molecule has 1 aliphatic rings. The molecule has 0 spiro atoms. The molecule has 2 aromatic rings. The fourth-order valence-corrected chi connectivity index (χ4v) is 3.04. The van der Waals surface area contributed by atoms with Crippen molar-refractivity contribution in [3.05, 3.63) is 11.5 Å². The third-order valence-electron chi connectivity index (χ3n) is 3.17. The van der Waals surface area contributed by atoms with Gasteiger partial charge < -0.3 is 9.88 Å². The van der Waals surface area contributed by atoms with Gasteiger partial charge in [-0.1, -0.05) is 0 Å². The van der Waals surface area contributed by atoms with Gasteiger partial charge in [-0.25, -0.2) is 0 Å².